The Hall–Kier alpha value is -4.68. The molecule has 0 spiro atoms. The lowest BCUT2D eigenvalue weighted by atomic mass is 9.98. The third-order valence-electron chi connectivity index (χ3n) is 8.46. The number of carbonyl (C=O) groups excluding carboxylic acids is 1. The number of phenols is 1. The van der Waals surface area contributed by atoms with Gasteiger partial charge in [0.25, 0.3) is 0 Å². The van der Waals surface area contributed by atoms with Crippen molar-refractivity contribution in [3.05, 3.63) is 67.4 Å². The van der Waals surface area contributed by atoms with Crippen LogP contribution in [0.2, 0.25) is 0 Å². The minimum atomic E-state index is -0.271. The SMILES string of the molecule is C=CC(=O)N1CCN(c2cc(OC[C@@H]3CCCN3C)nc3cc(-c4cc(O)cc5ccccc45)cnc23)CC1CC#N. The van der Waals surface area contributed by atoms with Crippen LogP contribution >= 0.6 is 0 Å². The van der Waals surface area contributed by atoms with E-state index < -0.39 is 0 Å². The molecule has 2 aromatic heterocycles. The van der Waals surface area contributed by atoms with Gasteiger partial charge in [-0.15, -0.1) is 0 Å². The third-order valence-corrected chi connectivity index (χ3v) is 8.46. The zero-order valence-corrected chi connectivity index (χ0v) is 23.7. The van der Waals surface area contributed by atoms with Crippen molar-refractivity contribution in [2.45, 2.75) is 31.3 Å². The highest BCUT2D eigenvalue weighted by atomic mass is 16.5. The van der Waals surface area contributed by atoms with E-state index in [4.69, 9.17) is 14.7 Å². The molecule has 2 atom stereocenters. The van der Waals surface area contributed by atoms with Crippen molar-refractivity contribution in [3.8, 4) is 28.8 Å². The van der Waals surface area contributed by atoms with E-state index in [1.54, 1.807) is 17.0 Å². The van der Waals surface area contributed by atoms with E-state index >= 15 is 0 Å². The van der Waals surface area contributed by atoms with Crippen LogP contribution in [0, 0.1) is 11.3 Å². The van der Waals surface area contributed by atoms with Crippen molar-refractivity contribution >= 4 is 33.4 Å². The van der Waals surface area contributed by atoms with Crippen molar-refractivity contribution in [3.63, 3.8) is 0 Å². The fourth-order valence-corrected chi connectivity index (χ4v) is 6.20. The van der Waals surface area contributed by atoms with Gasteiger partial charge in [0.15, 0.2) is 0 Å². The molecule has 0 saturated carbocycles. The number of likely N-dealkylation sites (N-methyl/N-ethyl adjacent to an activating group) is 1. The van der Waals surface area contributed by atoms with Gasteiger partial charge in [-0.2, -0.15) is 5.26 Å². The minimum Gasteiger partial charge on any atom is -0.508 e. The molecule has 214 valence electrons. The van der Waals surface area contributed by atoms with Crippen molar-refractivity contribution < 1.29 is 14.6 Å². The maximum absolute atomic E-state index is 12.5. The highest BCUT2D eigenvalue weighted by molar-refractivity contribution is 6.00. The molecule has 4 heterocycles. The van der Waals surface area contributed by atoms with Crippen LogP contribution in [-0.4, -0.2) is 82.7 Å². The summed E-state index contributed by atoms with van der Waals surface area (Å²) in [6.45, 7) is 6.76. The second-order valence-electron chi connectivity index (χ2n) is 11.1. The molecule has 9 nitrogen and oxygen atoms in total. The predicted molar refractivity (Wildman–Crippen MR) is 163 cm³/mol. The molecule has 0 aliphatic carbocycles. The Labute approximate surface area is 245 Å². The number of rotatable bonds is 7. The summed E-state index contributed by atoms with van der Waals surface area (Å²) in [5.74, 6) is 0.532. The van der Waals surface area contributed by atoms with Crippen LogP contribution in [0.4, 0.5) is 5.69 Å². The fraction of sp³-hybridized carbons (Fsp3) is 0.333. The largest absolute Gasteiger partial charge is 0.508 e. The number of carbonyl (C=O) groups is 1. The van der Waals surface area contributed by atoms with Gasteiger partial charge in [-0.3, -0.25) is 9.78 Å². The summed E-state index contributed by atoms with van der Waals surface area (Å²) in [6.07, 6.45) is 5.58. The Morgan fingerprint density at radius 3 is 2.83 bits per heavy atom. The summed E-state index contributed by atoms with van der Waals surface area (Å²) in [6, 6.07) is 17.7. The first kappa shape index (κ1) is 27.5. The molecule has 2 fully saturated rings. The first-order valence-electron chi connectivity index (χ1n) is 14.4. The number of hydrogen-bond acceptors (Lipinski definition) is 8. The van der Waals surface area contributed by atoms with E-state index in [0.29, 0.717) is 49.2 Å². The molecule has 2 aliphatic heterocycles. The molecule has 2 aromatic carbocycles. The van der Waals surface area contributed by atoms with Crippen LogP contribution in [0.15, 0.2) is 67.4 Å². The average Bonchev–Trinajstić information content (AvgIpc) is 3.42. The average molecular weight is 563 g/mol. The Morgan fingerprint density at radius 2 is 2.05 bits per heavy atom. The standard InChI is InChI=1S/C33H34N6O3/c1-3-32(41)39-14-13-38(20-24(39)10-11-34)30-18-31(42-21-25-8-6-12-37(25)2)36-29-16-23(19-35-33(29)30)28-17-26(40)15-22-7-4-5-9-27(22)28/h3-5,7,9,15-19,24-25,40H,1,6,8,10,12-14,20-21H2,2H3/t24?,25-/m0/s1. The number of pyridine rings is 2. The van der Waals surface area contributed by atoms with Crippen LogP contribution in [0.25, 0.3) is 32.9 Å². The van der Waals surface area contributed by atoms with Crippen molar-refractivity contribution in [1.29, 1.82) is 5.26 Å². The maximum atomic E-state index is 12.5. The summed E-state index contributed by atoms with van der Waals surface area (Å²) < 4.78 is 6.31. The van der Waals surface area contributed by atoms with Crippen LogP contribution in [0.5, 0.6) is 11.6 Å². The highest BCUT2D eigenvalue weighted by Crippen LogP contribution is 2.36. The molecule has 1 N–H and O–H groups in total. The van der Waals surface area contributed by atoms with E-state index in [1.807, 2.05) is 42.6 Å². The van der Waals surface area contributed by atoms with Gasteiger partial charge in [0.2, 0.25) is 11.8 Å². The second-order valence-corrected chi connectivity index (χ2v) is 11.1. The summed E-state index contributed by atoms with van der Waals surface area (Å²) in [7, 11) is 2.12. The molecular formula is C33H34N6O3. The molecular weight excluding hydrogens is 528 g/mol. The number of fused-ring (bicyclic) bond motifs is 2. The molecule has 1 amide bonds. The zero-order valence-electron chi connectivity index (χ0n) is 23.7. The summed E-state index contributed by atoms with van der Waals surface area (Å²) in [5.41, 5.74) is 3.95. The number of likely N-dealkylation sites (tertiary alicyclic amines) is 1. The number of anilines is 1. The molecule has 2 aliphatic rings. The maximum Gasteiger partial charge on any atom is 0.246 e. The van der Waals surface area contributed by atoms with Gasteiger partial charge in [-0.05, 0) is 67.0 Å². The summed E-state index contributed by atoms with van der Waals surface area (Å²) >= 11 is 0. The highest BCUT2D eigenvalue weighted by Gasteiger charge is 2.31. The quantitative estimate of drug-likeness (QED) is 0.322. The molecule has 42 heavy (non-hydrogen) atoms. The first-order valence-corrected chi connectivity index (χ1v) is 14.4. The number of ether oxygens (including phenoxy) is 1. The van der Waals surface area contributed by atoms with Crippen molar-refractivity contribution in [1.82, 2.24) is 19.8 Å². The van der Waals surface area contributed by atoms with Gasteiger partial charge in [0, 0.05) is 43.5 Å². The molecule has 9 heteroatoms. The smallest absolute Gasteiger partial charge is 0.246 e. The van der Waals surface area contributed by atoms with Crippen molar-refractivity contribution in [2.24, 2.45) is 0 Å². The Morgan fingerprint density at radius 1 is 1.19 bits per heavy atom. The second kappa shape index (κ2) is 11.7. The van der Waals surface area contributed by atoms with Crippen molar-refractivity contribution in [2.75, 3.05) is 44.7 Å². The Bertz CT molecular complexity index is 1700. The minimum absolute atomic E-state index is 0.166. The van der Waals surface area contributed by atoms with Gasteiger partial charge in [0.05, 0.1) is 29.7 Å². The van der Waals surface area contributed by atoms with E-state index in [1.165, 1.54) is 6.08 Å². The molecule has 6 rings (SSSR count). The lowest BCUT2D eigenvalue weighted by Crippen LogP contribution is -2.55. The normalized spacial score (nSPS) is 19.2. The number of nitriles is 1. The fourth-order valence-electron chi connectivity index (χ4n) is 6.20. The molecule has 4 aromatic rings. The number of amides is 1. The number of benzene rings is 2. The zero-order chi connectivity index (χ0) is 29.2. The van der Waals surface area contributed by atoms with Gasteiger partial charge < -0.3 is 24.5 Å². The molecule has 0 bridgehead atoms. The number of nitrogens with zero attached hydrogens (tertiary/aromatic N) is 6. The predicted octanol–water partition coefficient (Wildman–Crippen LogP) is 4.75. The molecule has 2 saturated heterocycles. The third kappa shape index (κ3) is 5.33. The number of piperazine rings is 1. The van der Waals surface area contributed by atoms with E-state index in [-0.39, 0.29) is 24.1 Å². The molecule has 1 unspecified atom stereocenters. The van der Waals surface area contributed by atoms with Crippen LogP contribution in [-0.2, 0) is 4.79 Å². The summed E-state index contributed by atoms with van der Waals surface area (Å²) in [5, 5.41) is 21.9. The van der Waals surface area contributed by atoms with E-state index in [0.717, 1.165) is 47.0 Å². The van der Waals surface area contributed by atoms with E-state index in [2.05, 4.69) is 29.5 Å². The van der Waals surface area contributed by atoms with E-state index in [9.17, 15) is 15.2 Å². The molecule has 0 radical (unpaired) electrons. The first-order chi connectivity index (χ1) is 20.4. The number of hydrogen-bond donors (Lipinski definition) is 1. The number of aromatic nitrogens is 2. The Kier molecular flexibility index (Phi) is 7.64. The lowest BCUT2D eigenvalue weighted by Gasteiger charge is -2.41. The van der Waals surface area contributed by atoms with Gasteiger partial charge >= 0.3 is 0 Å². The Balaban J connectivity index is 1.42. The summed E-state index contributed by atoms with van der Waals surface area (Å²) in [4.78, 5) is 28.5. The monoisotopic (exact) mass is 562 g/mol. The van der Waals surface area contributed by atoms with Crippen LogP contribution < -0.4 is 9.64 Å². The lowest BCUT2D eigenvalue weighted by molar-refractivity contribution is -0.128. The number of phenolic OH excluding ortho intramolecular Hbond substituents is 1. The van der Waals surface area contributed by atoms with Crippen LogP contribution in [0.1, 0.15) is 19.3 Å². The number of aromatic hydroxyl groups is 1. The van der Waals surface area contributed by atoms with Gasteiger partial charge in [-0.1, -0.05) is 30.8 Å². The van der Waals surface area contributed by atoms with Gasteiger partial charge in [-0.25, -0.2) is 4.98 Å². The van der Waals surface area contributed by atoms with Crippen LogP contribution in [0.3, 0.4) is 0 Å². The van der Waals surface area contributed by atoms with Gasteiger partial charge in [0.1, 0.15) is 17.9 Å². The topological polar surface area (TPSA) is 106 Å².